The van der Waals surface area contributed by atoms with E-state index in [2.05, 4.69) is 10.6 Å². The van der Waals surface area contributed by atoms with Crippen molar-refractivity contribution < 1.29 is 63.4 Å². The van der Waals surface area contributed by atoms with Crippen molar-refractivity contribution in [2.45, 2.75) is 57.1 Å². The lowest BCUT2D eigenvalue weighted by molar-refractivity contribution is -0.271. The molecule has 5 atom stereocenters. The molecule has 2 heterocycles. The lowest BCUT2D eigenvalue weighted by atomic mass is 9.99. The van der Waals surface area contributed by atoms with Gasteiger partial charge in [-0.1, -0.05) is 6.07 Å². The zero-order chi connectivity index (χ0) is 30.3. The average molecular weight is 580 g/mol. The number of aliphatic hydroxyl groups is 3. The number of hydrogen-bond donors (Lipinski definition) is 6. The number of amides is 4. The first-order chi connectivity index (χ1) is 19.4. The summed E-state index contributed by atoms with van der Waals surface area (Å²) in [5.74, 6) is -4.46. The highest BCUT2D eigenvalue weighted by molar-refractivity contribution is 6.13. The average Bonchev–Trinajstić information content (AvgIpc) is 3.23. The molecular formula is C25H29N3O13. The number of carbonyl (C=O) groups is 6. The van der Waals surface area contributed by atoms with Gasteiger partial charge in [0.15, 0.2) is 6.10 Å². The van der Waals surface area contributed by atoms with Crippen LogP contribution in [0.4, 0.5) is 5.69 Å². The Morgan fingerprint density at radius 3 is 2.29 bits per heavy atom. The van der Waals surface area contributed by atoms with E-state index in [-0.39, 0.29) is 44.0 Å². The van der Waals surface area contributed by atoms with Gasteiger partial charge in [0.05, 0.1) is 5.69 Å². The van der Waals surface area contributed by atoms with Crippen LogP contribution in [0, 0.1) is 0 Å². The van der Waals surface area contributed by atoms with Gasteiger partial charge in [0, 0.05) is 45.0 Å². The van der Waals surface area contributed by atoms with Crippen molar-refractivity contribution in [2.75, 3.05) is 18.4 Å². The number of esters is 1. The number of anilines is 1. The van der Waals surface area contributed by atoms with Gasteiger partial charge >= 0.3 is 11.9 Å². The molecule has 41 heavy (non-hydrogen) atoms. The normalized spacial score (nSPS) is 23.7. The number of benzene rings is 1. The summed E-state index contributed by atoms with van der Waals surface area (Å²) >= 11 is 0. The van der Waals surface area contributed by atoms with Crippen LogP contribution < -0.4 is 15.4 Å². The Hall–Kier alpha value is -4.38. The Morgan fingerprint density at radius 1 is 0.976 bits per heavy atom. The fourth-order valence-electron chi connectivity index (χ4n) is 3.81. The molecule has 4 amide bonds. The van der Waals surface area contributed by atoms with E-state index in [9.17, 15) is 49.2 Å². The monoisotopic (exact) mass is 579 g/mol. The summed E-state index contributed by atoms with van der Waals surface area (Å²) in [6, 6.07) is 4.14. The van der Waals surface area contributed by atoms with E-state index in [1.54, 1.807) is 0 Å². The first kappa shape index (κ1) is 31.2. The summed E-state index contributed by atoms with van der Waals surface area (Å²) < 4.78 is 15.6. The Kier molecular flexibility index (Phi) is 10.5. The van der Waals surface area contributed by atoms with Crippen LogP contribution >= 0.6 is 0 Å². The van der Waals surface area contributed by atoms with Crippen molar-refractivity contribution in [3.63, 3.8) is 0 Å². The first-order valence-electron chi connectivity index (χ1n) is 12.3. The van der Waals surface area contributed by atoms with Crippen molar-refractivity contribution in [2.24, 2.45) is 0 Å². The summed E-state index contributed by atoms with van der Waals surface area (Å²) in [5.41, 5.74) is 0.411. The Labute approximate surface area is 232 Å². The SMILES string of the molecule is CC(=O)OCc1ccc(O[C@@H]2O[C@H](C(=O)O)[C@@H](O)[C@H](O)[C@H]2O)c(NC(=O)CCNC(=O)CCN2C(=O)C=CC2=O)c1. The first-order valence-corrected chi connectivity index (χ1v) is 12.3. The van der Waals surface area contributed by atoms with Crippen molar-refractivity contribution in [1.82, 2.24) is 10.2 Å². The molecule has 0 spiro atoms. The predicted molar refractivity (Wildman–Crippen MR) is 134 cm³/mol. The summed E-state index contributed by atoms with van der Waals surface area (Å²) in [5, 5.41) is 44.5. The molecule has 0 saturated carbocycles. The Balaban J connectivity index is 1.63. The van der Waals surface area contributed by atoms with Gasteiger partial charge < -0.3 is 45.3 Å². The van der Waals surface area contributed by atoms with Crippen LogP contribution in [-0.2, 0) is 44.8 Å². The van der Waals surface area contributed by atoms with Crippen LogP contribution in [0.2, 0.25) is 0 Å². The van der Waals surface area contributed by atoms with Crippen LogP contribution in [-0.4, -0.2) is 105 Å². The maximum absolute atomic E-state index is 12.6. The fraction of sp³-hybridized carbons (Fsp3) is 0.440. The zero-order valence-electron chi connectivity index (χ0n) is 21.7. The minimum atomic E-state index is -1.93. The number of nitrogens with zero attached hydrogens (tertiary/aromatic N) is 1. The molecule has 0 aromatic heterocycles. The molecular weight excluding hydrogens is 550 g/mol. The van der Waals surface area contributed by atoms with Crippen LogP contribution in [0.15, 0.2) is 30.4 Å². The molecule has 0 unspecified atom stereocenters. The number of hydrogen-bond acceptors (Lipinski definition) is 12. The number of rotatable bonds is 12. The molecule has 1 aromatic rings. The van der Waals surface area contributed by atoms with E-state index < -0.39 is 66.3 Å². The lowest BCUT2D eigenvalue weighted by Crippen LogP contribution is -2.61. The fourth-order valence-corrected chi connectivity index (χ4v) is 3.81. The Morgan fingerprint density at radius 2 is 1.66 bits per heavy atom. The number of carboxylic acid groups (broad SMARTS) is 1. The van der Waals surface area contributed by atoms with Gasteiger partial charge in [0.2, 0.25) is 18.1 Å². The third-order valence-electron chi connectivity index (χ3n) is 5.95. The maximum Gasteiger partial charge on any atom is 0.335 e. The molecule has 3 rings (SSSR count). The second-order valence-corrected chi connectivity index (χ2v) is 9.02. The van der Waals surface area contributed by atoms with E-state index in [1.807, 2.05) is 0 Å². The minimum Gasteiger partial charge on any atom is -0.479 e. The van der Waals surface area contributed by atoms with Gasteiger partial charge in [-0.15, -0.1) is 0 Å². The highest BCUT2D eigenvalue weighted by Gasteiger charge is 2.48. The number of imide groups is 1. The molecule has 2 aliphatic rings. The highest BCUT2D eigenvalue weighted by Crippen LogP contribution is 2.31. The van der Waals surface area contributed by atoms with Crippen LogP contribution in [0.5, 0.6) is 5.75 Å². The number of ether oxygens (including phenoxy) is 3. The topological polar surface area (TPSA) is 238 Å². The largest absolute Gasteiger partial charge is 0.479 e. The van der Waals surface area contributed by atoms with Crippen molar-refractivity contribution >= 4 is 41.3 Å². The van der Waals surface area contributed by atoms with Crippen LogP contribution in [0.1, 0.15) is 25.3 Å². The van der Waals surface area contributed by atoms with Gasteiger partial charge in [-0.2, -0.15) is 0 Å². The molecule has 222 valence electrons. The molecule has 6 N–H and O–H groups in total. The standard InChI is InChI=1S/C25H29N3O13/c1-12(29)39-11-13-2-3-15(40-25-22(36)20(34)21(35)23(41-25)24(37)38)14(10-13)27-17(31)6-8-26-16(30)7-9-28-18(32)4-5-19(28)33/h2-5,10,20-23,25,34-36H,6-9,11H2,1H3,(H,26,30)(H,27,31)(H,37,38)/t20-,21-,22+,23-,25+/m0/s1. The van der Waals surface area contributed by atoms with E-state index in [0.717, 1.165) is 17.1 Å². The molecule has 2 aliphatic heterocycles. The van der Waals surface area contributed by atoms with E-state index >= 15 is 0 Å². The lowest BCUT2D eigenvalue weighted by Gasteiger charge is -2.38. The summed E-state index contributed by atoms with van der Waals surface area (Å²) in [6.45, 7) is 0.804. The van der Waals surface area contributed by atoms with Crippen LogP contribution in [0.25, 0.3) is 0 Å². The smallest absolute Gasteiger partial charge is 0.335 e. The minimum absolute atomic E-state index is 0.00664. The second-order valence-electron chi connectivity index (χ2n) is 9.02. The molecule has 0 radical (unpaired) electrons. The van der Waals surface area contributed by atoms with Crippen molar-refractivity contribution in [3.05, 3.63) is 35.9 Å². The third-order valence-corrected chi connectivity index (χ3v) is 5.95. The van der Waals surface area contributed by atoms with Crippen molar-refractivity contribution in [3.8, 4) is 5.75 Å². The number of aliphatic hydroxyl groups excluding tert-OH is 3. The van der Waals surface area contributed by atoms with Crippen LogP contribution in [0.3, 0.4) is 0 Å². The molecule has 1 saturated heterocycles. The quantitative estimate of drug-likeness (QED) is 0.114. The van der Waals surface area contributed by atoms with Gasteiger partial charge in [-0.05, 0) is 17.7 Å². The maximum atomic E-state index is 12.6. The van der Waals surface area contributed by atoms with Gasteiger partial charge in [-0.3, -0.25) is 28.9 Å². The molecule has 0 bridgehead atoms. The highest BCUT2D eigenvalue weighted by atomic mass is 16.7. The van der Waals surface area contributed by atoms with Gasteiger partial charge in [0.25, 0.3) is 11.8 Å². The molecule has 0 aliphatic carbocycles. The third kappa shape index (κ3) is 8.31. The molecule has 1 fully saturated rings. The van der Waals surface area contributed by atoms with Crippen molar-refractivity contribution in [1.29, 1.82) is 0 Å². The molecule has 16 nitrogen and oxygen atoms in total. The summed E-state index contributed by atoms with van der Waals surface area (Å²) in [6.07, 6.45) is -7.58. The van der Waals surface area contributed by atoms with E-state index in [4.69, 9.17) is 14.2 Å². The number of carbonyl (C=O) groups excluding carboxylic acids is 5. The van der Waals surface area contributed by atoms with E-state index in [1.165, 1.54) is 25.1 Å². The number of nitrogens with one attached hydrogen (secondary N) is 2. The molecule has 1 aromatic carbocycles. The predicted octanol–water partition coefficient (Wildman–Crippen LogP) is -2.22. The zero-order valence-corrected chi connectivity index (χ0v) is 21.7. The second kappa shape index (κ2) is 13.8. The Bertz CT molecular complexity index is 1220. The molecule has 16 heteroatoms. The van der Waals surface area contributed by atoms with Gasteiger partial charge in [-0.25, -0.2) is 4.79 Å². The summed E-state index contributed by atoms with van der Waals surface area (Å²) in [7, 11) is 0. The van der Waals surface area contributed by atoms with E-state index in [0.29, 0.717) is 5.56 Å². The summed E-state index contributed by atoms with van der Waals surface area (Å²) in [4.78, 5) is 71.3. The van der Waals surface area contributed by atoms with Gasteiger partial charge in [0.1, 0.15) is 30.7 Å². The number of aliphatic carboxylic acids is 1. The number of carboxylic acids is 1.